The quantitative estimate of drug-likeness (QED) is 0.355. The average molecular weight is 383 g/mol. The number of nitro groups is 1. The second kappa shape index (κ2) is 7.96. The molecule has 1 aliphatic heterocycles. The lowest BCUT2D eigenvalue weighted by Gasteiger charge is -2.29. The second-order valence-corrected chi connectivity index (χ2v) is 6.39. The number of carbonyl (C=O) groups excluding carboxylic acids is 1. The Kier molecular flexibility index (Phi) is 5.46. The first-order valence-corrected chi connectivity index (χ1v) is 8.60. The Morgan fingerprint density at radius 2 is 1.96 bits per heavy atom. The number of nitrogens with one attached hydrogen (secondary N) is 2. The lowest BCUT2D eigenvalue weighted by Crippen LogP contribution is -2.45. The molecule has 2 aromatic rings. The molecule has 8 heteroatoms. The topological polar surface area (TPSA) is 93.5 Å². The summed E-state index contributed by atoms with van der Waals surface area (Å²) >= 11 is 5.18. The van der Waals surface area contributed by atoms with Crippen LogP contribution >= 0.6 is 12.2 Å². The normalized spacial score (nSPS) is 16.3. The highest BCUT2D eigenvalue weighted by Gasteiger charge is 2.31. The van der Waals surface area contributed by atoms with Gasteiger partial charge in [0.25, 0.3) is 5.69 Å². The molecule has 27 heavy (non-hydrogen) atoms. The van der Waals surface area contributed by atoms with Gasteiger partial charge in [0.05, 0.1) is 16.5 Å². The van der Waals surface area contributed by atoms with E-state index in [4.69, 9.17) is 17.0 Å². The first-order chi connectivity index (χ1) is 13.0. The van der Waals surface area contributed by atoms with Gasteiger partial charge in [0.1, 0.15) is 6.61 Å². The van der Waals surface area contributed by atoms with E-state index in [0.717, 1.165) is 5.56 Å². The van der Waals surface area contributed by atoms with E-state index in [-0.39, 0.29) is 12.3 Å². The van der Waals surface area contributed by atoms with Gasteiger partial charge in [0.2, 0.25) is 0 Å². The molecule has 3 rings (SSSR count). The van der Waals surface area contributed by atoms with Crippen molar-refractivity contribution in [2.75, 3.05) is 0 Å². The maximum absolute atomic E-state index is 12.8. The molecule has 138 valence electrons. The number of carbonyl (C=O) groups is 1. The minimum atomic E-state index is -0.637. The van der Waals surface area contributed by atoms with Gasteiger partial charge in [-0.15, -0.1) is 0 Å². The second-order valence-electron chi connectivity index (χ2n) is 5.98. The van der Waals surface area contributed by atoms with Gasteiger partial charge in [-0.2, -0.15) is 0 Å². The van der Waals surface area contributed by atoms with Crippen LogP contribution in [0.1, 0.15) is 24.1 Å². The van der Waals surface area contributed by atoms with Gasteiger partial charge < -0.3 is 15.4 Å². The summed E-state index contributed by atoms with van der Waals surface area (Å²) in [5.74, 6) is -0.518. The van der Waals surface area contributed by atoms with E-state index in [9.17, 15) is 14.9 Å². The van der Waals surface area contributed by atoms with Crippen LogP contribution in [0.5, 0.6) is 0 Å². The van der Waals surface area contributed by atoms with Crippen molar-refractivity contribution in [1.29, 1.82) is 0 Å². The Labute approximate surface area is 161 Å². The fourth-order valence-electron chi connectivity index (χ4n) is 2.83. The van der Waals surface area contributed by atoms with Gasteiger partial charge in [-0.25, -0.2) is 4.79 Å². The van der Waals surface area contributed by atoms with Crippen molar-refractivity contribution < 1.29 is 14.5 Å². The van der Waals surface area contributed by atoms with Crippen molar-refractivity contribution in [3.05, 3.63) is 87.1 Å². The number of thiocarbonyl (C=S) groups is 1. The summed E-state index contributed by atoms with van der Waals surface area (Å²) in [6.45, 7) is 1.85. The number of nitro benzene ring substituents is 1. The highest BCUT2D eigenvalue weighted by molar-refractivity contribution is 7.80. The molecule has 0 amide bonds. The third kappa shape index (κ3) is 4.29. The Morgan fingerprint density at radius 3 is 2.67 bits per heavy atom. The summed E-state index contributed by atoms with van der Waals surface area (Å²) in [7, 11) is 0. The molecule has 2 aromatic carbocycles. The molecular formula is C19H17N3O4S. The van der Waals surface area contributed by atoms with Crippen LogP contribution in [0.3, 0.4) is 0 Å². The van der Waals surface area contributed by atoms with E-state index in [2.05, 4.69) is 10.6 Å². The zero-order valence-corrected chi connectivity index (χ0v) is 15.3. The molecule has 0 saturated heterocycles. The van der Waals surface area contributed by atoms with Crippen molar-refractivity contribution in [2.24, 2.45) is 0 Å². The van der Waals surface area contributed by atoms with E-state index in [1.54, 1.807) is 19.1 Å². The predicted molar refractivity (Wildman–Crippen MR) is 104 cm³/mol. The Balaban J connectivity index is 1.88. The number of rotatable bonds is 5. The molecule has 7 nitrogen and oxygen atoms in total. The number of nitrogens with zero attached hydrogens (tertiary/aromatic N) is 1. The number of hydrogen-bond donors (Lipinski definition) is 2. The van der Waals surface area contributed by atoms with Gasteiger partial charge in [-0.3, -0.25) is 10.1 Å². The Hall–Kier alpha value is -3.26. The summed E-state index contributed by atoms with van der Waals surface area (Å²) in [6.07, 6.45) is 0. The molecule has 1 heterocycles. The van der Waals surface area contributed by atoms with E-state index < -0.39 is 16.9 Å². The molecule has 1 aliphatic rings. The molecule has 0 saturated carbocycles. The predicted octanol–water partition coefficient (Wildman–Crippen LogP) is 3.13. The van der Waals surface area contributed by atoms with E-state index in [1.807, 2.05) is 30.3 Å². The highest BCUT2D eigenvalue weighted by Crippen LogP contribution is 2.29. The lowest BCUT2D eigenvalue weighted by molar-refractivity contribution is -0.384. The molecule has 0 fully saturated rings. The maximum atomic E-state index is 12.8. The van der Waals surface area contributed by atoms with Crippen LogP contribution in [0.4, 0.5) is 5.69 Å². The van der Waals surface area contributed by atoms with Crippen LogP contribution in [0, 0.1) is 10.1 Å². The first-order valence-electron chi connectivity index (χ1n) is 8.19. The fraction of sp³-hybridized carbons (Fsp3) is 0.158. The number of benzene rings is 2. The minimum Gasteiger partial charge on any atom is -0.457 e. The van der Waals surface area contributed by atoms with Crippen molar-refractivity contribution in [2.45, 2.75) is 19.6 Å². The fourth-order valence-corrected chi connectivity index (χ4v) is 3.10. The SMILES string of the molecule is CC1=C(C(=O)OCc2ccccc2)[C@H](c2cccc([N+](=O)[O-])c2)NC(=S)N1. The number of allylic oxidation sites excluding steroid dienone is 1. The monoisotopic (exact) mass is 383 g/mol. The molecule has 0 unspecified atom stereocenters. The maximum Gasteiger partial charge on any atom is 0.338 e. The third-order valence-electron chi connectivity index (χ3n) is 4.12. The zero-order valence-electron chi connectivity index (χ0n) is 14.5. The van der Waals surface area contributed by atoms with Crippen LogP contribution in [0.25, 0.3) is 0 Å². The minimum absolute atomic E-state index is 0.0617. The van der Waals surface area contributed by atoms with Crippen molar-refractivity contribution >= 4 is 29.0 Å². The zero-order chi connectivity index (χ0) is 19.4. The van der Waals surface area contributed by atoms with Crippen molar-refractivity contribution in [3.8, 4) is 0 Å². The van der Waals surface area contributed by atoms with E-state index >= 15 is 0 Å². The lowest BCUT2D eigenvalue weighted by atomic mass is 9.95. The molecule has 0 radical (unpaired) electrons. The van der Waals surface area contributed by atoms with Gasteiger partial charge in [-0.1, -0.05) is 42.5 Å². The summed E-state index contributed by atoms with van der Waals surface area (Å²) in [4.78, 5) is 23.4. The Bertz CT molecular complexity index is 928. The standard InChI is InChI=1S/C19H17N3O4S/c1-12-16(18(23)26-11-13-6-3-2-4-7-13)17(21-19(27)20-12)14-8-5-9-15(10-14)22(24)25/h2-10,17H,11H2,1H3,(H2,20,21,27)/t17-/m0/s1. The summed E-state index contributed by atoms with van der Waals surface area (Å²) < 4.78 is 5.45. The van der Waals surface area contributed by atoms with Gasteiger partial charge in [-0.05, 0) is 30.3 Å². The van der Waals surface area contributed by atoms with Crippen molar-refractivity contribution in [3.63, 3.8) is 0 Å². The molecule has 1 atom stereocenters. The van der Waals surface area contributed by atoms with Crippen LogP contribution in [0.2, 0.25) is 0 Å². The first kappa shape index (κ1) is 18.5. The van der Waals surface area contributed by atoms with Crippen LogP contribution in [0.15, 0.2) is 65.9 Å². The van der Waals surface area contributed by atoms with E-state index in [1.165, 1.54) is 12.1 Å². The number of esters is 1. The van der Waals surface area contributed by atoms with Gasteiger partial charge in [0.15, 0.2) is 5.11 Å². The molecule has 2 N–H and O–H groups in total. The largest absolute Gasteiger partial charge is 0.457 e. The van der Waals surface area contributed by atoms with Crippen LogP contribution < -0.4 is 10.6 Å². The van der Waals surface area contributed by atoms with Crippen LogP contribution in [-0.2, 0) is 16.1 Å². The Morgan fingerprint density at radius 1 is 1.22 bits per heavy atom. The number of hydrogen-bond acceptors (Lipinski definition) is 5. The van der Waals surface area contributed by atoms with Crippen molar-refractivity contribution in [1.82, 2.24) is 10.6 Å². The molecule has 0 spiro atoms. The molecule has 0 aliphatic carbocycles. The molecule has 0 aromatic heterocycles. The summed E-state index contributed by atoms with van der Waals surface area (Å²) in [5.41, 5.74) is 2.24. The average Bonchev–Trinajstić information content (AvgIpc) is 2.66. The van der Waals surface area contributed by atoms with E-state index in [0.29, 0.717) is 21.9 Å². The summed E-state index contributed by atoms with van der Waals surface area (Å²) in [6, 6.07) is 14.8. The molecular weight excluding hydrogens is 366 g/mol. The summed E-state index contributed by atoms with van der Waals surface area (Å²) in [5, 5.41) is 17.3. The van der Waals surface area contributed by atoms with Crippen LogP contribution in [-0.4, -0.2) is 16.0 Å². The number of non-ortho nitro benzene ring substituents is 1. The van der Waals surface area contributed by atoms with Gasteiger partial charge in [0, 0.05) is 17.8 Å². The number of ether oxygens (including phenoxy) is 1. The third-order valence-corrected chi connectivity index (χ3v) is 4.34. The smallest absolute Gasteiger partial charge is 0.338 e. The molecule has 0 bridgehead atoms. The van der Waals surface area contributed by atoms with Gasteiger partial charge >= 0.3 is 5.97 Å². The highest BCUT2D eigenvalue weighted by atomic mass is 32.1.